The van der Waals surface area contributed by atoms with Gasteiger partial charge in [-0.3, -0.25) is 4.79 Å². The molecule has 0 aromatic carbocycles. The van der Waals surface area contributed by atoms with E-state index in [0.717, 1.165) is 6.54 Å². The van der Waals surface area contributed by atoms with Gasteiger partial charge in [0.15, 0.2) is 0 Å². The number of halogens is 1. The zero-order valence-electron chi connectivity index (χ0n) is 11.7. The summed E-state index contributed by atoms with van der Waals surface area (Å²) in [5.41, 5.74) is 0.420. The van der Waals surface area contributed by atoms with Gasteiger partial charge in [0.1, 0.15) is 5.02 Å². The third-order valence-corrected chi connectivity index (χ3v) is 3.82. The van der Waals surface area contributed by atoms with Crippen molar-refractivity contribution in [1.29, 1.82) is 0 Å². The number of aromatic nitrogens is 2. The zero-order chi connectivity index (χ0) is 14.0. The van der Waals surface area contributed by atoms with Gasteiger partial charge in [-0.1, -0.05) is 11.6 Å². The van der Waals surface area contributed by atoms with Crippen molar-refractivity contribution in [3.05, 3.63) is 21.6 Å². The summed E-state index contributed by atoms with van der Waals surface area (Å²) in [4.78, 5) is 14.1. The van der Waals surface area contributed by atoms with Gasteiger partial charge in [-0.05, 0) is 39.8 Å². The minimum absolute atomic E-state index is 0.225. The van der Waals surface area contributed by atoms with Crippen LogP contribution in [0.3, 0.4) is 0 Å². The van der Waals surface area contributed by atoms with Crippen molar-refractivity contribution in [3.8, 4) is 0 Å². The first-order valence-corrected chi connectivity index (χ1v) is 7.03. The Morgan fingerprint density at radius 1 is 1.58 bits per heavy atom. The number of nitrogens with zero attached hydrogens (tertiary/aromatic N) is 3. The highest BCUT2D eigenvalue weighted by atomic mass is 35.5. The fourth-order valence-electron chi connectivity index (χ4n) is 1.98. The molecular formula is C13H21ClN4O. The second-order valence-electron chi connectivity index (χ2n) is 5.47. The zero-order valence-corrected chi connectivity index (χ0v) is 12.4. The molecule has 0 saturated heterocycles. The maximum Gasteiger partial charge on any atom is 0.287 e. The maximum atomic E-state index is 12.1. The van der Waals surface area contributed by atoms with Crippen LogP contribution >= 0.6 is 11.6 Å². The molecule has 2 rings (SSSR count). The second kappa shape index (κ2) is 5.92. The summed E-state index contributed by atoms with van der Waals surface area (Å²) < 4.78 is 1.41. The molecule has 1 aromatic rings. The van der Waals surface area contributed by atoms with Crippen molar-refractivity contribution >= 4 is 17.3 Å². The van der Waals surface area contributed by atoms with E-state index in [9.17, 15) is 4.79 Å². The van der Waals surface area contributed by atoms with Crippen LogP contribution in [0.1, 0.15) is 19.8 Å². The molecule has 0 radical (unpaired) electrons. The van der Waals surface area contributed by atoms with Crippen molar-refractivity contribution in [1.82, 2.24) is 14.7 Å². The maximum absolute atomic E-state index is 12.1. The minimum atomic E-state index is -0.225. The van der Waals surface area contributed by atoms with E-state index in [1.807, 2.05) is 19.0 Å². The average molecular weight is 285 g/mol. The van der Waals surface area contributed by atoms with Crippen LogP contribution in [0.5, 0.6) is 0 Å². The fraction of sp³-hybridized carbons (Fsp3) is 0.692. The van der Waals surface area contributed by atoms with Crippen LogP contribution in [0.25, 0.3) is 0 Å². The Bertz CT molecular complexity index is 496. The van der Waals surface area contributed by atoms with Gasteiger partial charge < -0.3 is 10.2 Å². The van der Waals surface area contributed by atoms with E-state index >= 15 is 0 Å². The Morgan fingerprint density at radius 2 is 2.26 bits per heavy atom. The molecule has 0 aliphatic heterocycles. The van der Waals surface area contributed by atoms with E-state index in [1.165, 1.54) is 17.5 Å². The molecule has 19 heavy (non-hydrogen) atoms. The van der Waals surface area contributed by atoms with Gasteiger partial charge in [0.25, 0.3) is 5.56 Å². The highest BCUT2D eigenvalue weighted by Crippen LogP contribution is 2.34. The molecule has 1 heterocycles. The Hall–Kier alpha value is -1.07. The predicted octanol–water partition coefficient (Wildman–Crippen LogP) is 1.67. The van der Waals surface area contributed by atoms with Crippen molar-refractivity contribution in [2.24, 2.45) is 5.92 Å². The average Bonchev–Trinajstić information content (AvgIpc) is 3.18. The molecule has 0 amide bonds. The van der Waals surface area contributed by atoms with Crippen molar-refractivity contribution in [2.45, 2.75) is 32.4 Å². The largest absolute Gasteiger partial charge is 0.380 e. The summed E-state index contributed by atoms with van der Waals surface area (Å²) in [6.07, 6.45) is 4.15. The van der Waals surface area contributed by atoms with Crippen molar-refractivity contribution < 1.29 is 0 Å². The third kappa shape index (κ3) is 3.70. The molecule has 0 spiro atoms. The van der Waals surface area contributed by atoms with Gasteiger partial charge in [-0.2, -0.15) is 5.10 Å². The van der Waals surface area contributed by atoms with Gasteiger partial charge in [0.2, 0.25) is 0 Å². The molecule has 6 heteroatoms. The van der Waals surface area contributed by atoms with Gasteiger partial charge >= 0.3 is 0 Å². The molecule has 1 atom stereocenters. The molecule has 1 fully saturated rings. The summed E-state index contributed by atoms with van der Waals surface area (Å²) in [6, 6.07) is 0.344. The molecule has 106 valence electrons. The topological polar surface area (TPSA) is 50.2 Å². The molecule has 1 aliphatic rings. The predicted molar refractivity (Wildman–Crippen MR) is 77.9 cm³/mol. The molecule has 1 unspecified atom stereocenters. The lowest BCUT2D eigenvalue weighted by Gasteiger charge is -2.16. The number of nitrogens with one attached hydrogen (secondary N) is 1. The van der Waals surface area contributed by atoms with Crippen LogP contribution in [0.2, 0.25) is 5.02 Å². The molecule has 0 bridgehead atoms. The lowest BCUT2D eigenvalue weighted by atomic mass is 10.2. The first-order chi connectivity index (χ1) is 8.99. The monoisotopic (exact) mass is 284 g/mol. The van der Waals surface area contributed by atoms with Crippen molar-refractivity contribution in [3.63, 3.8) is 0 Å². The van der Waals surface area contributed by atoms with Gasteiger partial charge in [-0.25, -0.2) is 4.68 Å². The SMILES string of the molecule is CC(Nc1cnn(CCN(C)C)c(=O)c1Cl)C1CC1. The Balaban J connectivity index is 2.09. The summed E-state index contributed by atoms with van der Waals surface area (Å²) in [5.74, 6) is 0.701. The van der Waals surface area contributed by atoms with Crippen LogP contribution in [0.4, 0.5) is 5.69 Å². The molecular weight excluding hydrogens is 264 g/mol. The first kappa shape index (κ1) is 14.3. The van der Waals surface area contributed by atoms with E-state index in [-0.39, 0.29) is 10.6 Å². The van der Waals surface area contributed by atoms with E-state index < -0.39 is 0 Å². The van der Waals surface area contributed by atoms with Crippen LogP contribution in [0, 0.1) is 5.92 Å². The summed E-state index contributed by atoms with van der Waals surface area (Å²) in [7, 11) is 3.92. The number of likely N-dealkylation sites (N-methyl/N-ethyl adjacent to an activating group) is 1. The number of hydrogen-bond donors (Lipinski definition) is 1. The number of hydrogen-bond acceptors (Lipinski definition) is 4. The Labute approximate surface area is 118 Å². The van der Waals surface area contributed by atoms with Gasteiger partial charge in [0, 0.05) is 12.6 Å². The fourth-order valence-corrected chi connectivity index (χ4v) is 2.18. The standard InChI is InChI=1S/C13H21ClN4O/c1-9(10-4-5-10)16-11-8-15-18(7-6-17(2)3)13(19)12(11)14/h8-10,16H,4-7H2,1-3H3. The van der Waals surface area contributed by atoms with Crippen LogP contribution in [-0.4, -0.2) is 41.4 Å². The van der Waals surface area contributed by atoms with E-state index in [4.69, 9.17) is 11.6 Å². The van der Waals surface area contributed by atoms with Gasteiger partial charge in [0.05, 0.1) is 18.4 Å². The quantitative estimate of drug-likeness (QED) is 0.863. The molecule has 5 nitrogen and oxygen atoms in total. The Morgan fingerprint density at radius 3 is 2.84 bits per heavy atom. The molecule has 1 saturated carbocycles. The Kier molecular flexibility index (Phi) is 4.47. The van der Waals surface area contributed by atoms with Crippen LogP contribution in [-0.2, 0) is 6.54 Å². The second-order valence-corrected chi connectivity index (χ2v) is 5.85. The summed E-state index contributed by atoms with van der Waals surface area (Å²) in [5, 5.41) is 7.70. The van der Waals surface area contributed by atoms with Crippen molar-refractivity contribution in [2.75, 3.05) is 26.0 Å². The van der Waals surface area contributed by atoms with Gasteiger partial charge in [-0.15, -0.1) is 0 Å². The first-order valence-electron chi connectivity index (χ1n) is 6.66. The number of rotatable bonds is 6. The van der Waals surface area contributed by atoms with E-state index in [2.05, 4.69) is 17.3 Å². The molecule has 1 aromatic heterocycles. The van der Waals surface area contributed by atoms with Crippen LogP contribution < -0.4 is 10.9 Å². The summed E-state index contributed by atoms with van der Waals surface area (Å²) in [6.45, 7) is 3.42. The van der Waals surface area contributed by atoms with E-state index in [0.29, 0.717) is 24.2 Å². The lowest BCUT2D eigenvalue weighted by molar-refractivity contribution is 0.367. The normalized spacial score (nSPS) is 16.7. The minimum Gasteiger partial charge on any atom is -0.380 e. The van der Waals surface area contributed by atoms with E-state index in [1.54, 1.807) is 6.20 Å². The third-order valence-electron chi connectivity index (χ3n) is 3.46. The highest BCUT2D eigenvalue weighted by Gasteiger charge is 2.28. The number of anilines is 1. The molecule has 1 aliphatic carbocycles. The van der Waals surface area contributed by atoms with Crippen LogP contribution in [0.15, 0.2) is 11.0 Å². The summed E-state index contributed by atoms with van der Waals surface area (Å²) >= 11 is 6.13. The lowest BCUT2D eigenvalue weighted by Crippen LogP contribution is -2.30. The molecule has 1 N–H and O–H groups in total. The smallest absolute Gasteiger partial charge is 0.287 e. The highest BCUT2D eigenvalue weighted by molar-refractivity contribution is 6.32.